The first kappa shape index (κ1) is 10.4. The Morgan fingerprint density at radius 2 is 2.00 bits per heavy atom. The number of hydrogen-bond donors (Lipinski definition) is 1. The molecule has 15 heavy (non-hydrogen) atoms. The molecule has 0 spiro atoms. The van der Waals surface area contributed by atoms with E-state index in [-0.39, 0.29) is 5.41 Å². The van der Waals surface area contributed by atoms with Crippen molar-refractivity contribution in [3.63, 3.8) is 0 Å². The molecule has 0 aromatic heterocycles. The van der Waals surface area contributed by atoms with Gasteiger partial charge in [-0.05, 0) is 49.9 Å². The summed E-state index contributed by atoms with van der Waals surface area (Å²) in [6.45, 7) is 2.31. The number of alkyl halides is 1. The molecule has 4 fully saturated rings. The summed E-state index contributed by atoms with van der Waals surface area (Å²) in [6, 6.07) is 0. The highest BCUT2D eigenvalue weighted by Gasteiger charge is 2.63. The second kappa shape index (κ2) is 2.71. The highest BCUT2D eigenvalue weighted by molar-refractivity contribution is 14.1. The van der Waals surface area contributed by atoms with Crippen molar-refractivity contribution in [2.75, 3.05) is 0 Å². The lowest BCUT2D eigenvalue weighted by molar-refractivity contribution is -0.168. The molecule has 4 atom stereocenters. The molecule has 2 nitrogen and oxygen atoms in total. The van der Waals surface area contributed by atoms with Crippen LogP contribution >= 0.6 is 22.6 Å². The van der Waals surface area contributed by atoms with Gasteiger partial charge < -0.3 is 5.11 Å². The summed E-state index contributed by atoms with van der Waals surface area (Å²) in [4.78, 5) is 11.5. The maximum absolute atomic E-state index is 11.5. The van der Waals surface area contributed by atoms with Crippen molar-refractivity contribution >= 4 is 28.6 Å². The molecular formula is C12H17IO2. The van der Waals surface area contributed by atoms with Crippen molar-refractivity contribution in [1.29, 1.82) is 0 Å². The molecule has 84 valence electrons. The van der Waals surface area contributed by atoms with Crippen molar-refractivity contribution in [2.24, 2.45) is 16.7 Å². The van der Waals surface area contributed by atoms with E-state index < -0.39 is 5.97 Å². The zero-order valence-corrected chi connectivity index (χ0v) is 11.2. The number of carbonyl (C=O) groups is 1. The minimum Gasteiger partial charge on any atom is -0.481 e. The second-order valence-electron chi connectivity index (χ2n) is 6.56. The van der Waals surface area contributed by atoms with Crippen LogP contribution in [0.1, 0.15) is 45.4 Å². The number of halogens is 1. The topological polar surface area (TPSA) is 37.3 Å². The molecule has 4 unspecified atom stereocenters. The molecular weight excluding hydrogens is 303 g/mol. The number of carboxylic acids is 1. The summed E-state index contributed by atoms with van der Waals surface area (Å²) < 4.78 is 0.296. The third-order valence-corrected chi connectivity index (χ3v) is 5.94. The maximum atomic E-state index is 11.5. The molecule has 3 heteroatoms. The van der Waals surface area contributed by atoms with Crippen LogP contribution in [0.4, 0.5) is 0 Å². The lowest BCUT2D eigenvalue weighted by atomic mass is 9.44. The third-order valence-electron chi connectivity index (χ3n) is 4.73. The van der Waals surface area contributed by atoms with Crippen LogP contribution in [0.15, 0.2) is 0 Å². The molecule has 0 aliphatic heterocycles. The summed E-state index contributed by atoms with van der Waals surface area (Å²) in [5.74, 6) is 0.151. The molecule has 0 aromatic carbocycles. The average Bonchev–Trinajstić information content (AvgIpc) is 1.95. The molecule has 4 aliphatic carbocycles. The summed E-state index contributed by atoms with van der Waals surface area (Å²) >= 11 is 2.56. The van der Waals surface area contributed by atoms with Gasteiger partial charge in [0.25, 0.3) is 0 Å². The molecule has 4 bridgehead atoms. The average molecular weight is 320 g/mol. The van der Waals surface area contributed by atoms with E-state index in [1.165, 1.54) is 19.3 Å². The number of aliphatic carboxylic acids is 1. The Hall–Kier alpha value is 0.200. The van der Waals surface area contributed by atoms with E-state index in [9.17, 15) is 9.90 Å². The molecule has 4 saturated carbocycles. The summed E-state index contributed by atoms with van der Waals surface area (Å²) in [5, 5.41) is 9.50. The Labute approximate surface area is 104 Å². The Bertz CT molecular complexity index is 321. The molecule has 0 heterocycles. The van der Waals surface area contributed by atoms with Gasteiger partial charge in [-0.15, -0.1) is 0 Å². The Kier molecular flexibility index (Phi) is 1.87. The molecule has 4 rings (SSSR count). The fraction of sp³-hybridized carbons (Fsp3) is 0.917. The first-order valence-electron chi connectivity index (χ1n) is 5.77. The monoisotopic (exact) mass is 320 g/mol. The Balaban J connectivity index is 2.05. The fourth-order valence-corrected chi connectivity index (χ4v) is 7.30. The van der Waals surface area contributed by atoms with Gasteiger partial charge in [0.1, 0.15) is 0 Å². The van der Waals surface area contributed by atoms with Gasteiger partial charge in [0.05, 0.1) is 5.41 Å². The molecule has 0 aromatic rings. The van der Waals surface area contributed by atoms with E-state index in [2.05, 4.69) is 29.5 Å². The van der Waals surface area contributed by atoms with Crippen LogP contribution in [-0.4, -0.2) is 14.5 Å². The lowest BCUT2D eigenvalue weighted by Gasteiger charge is -2.62. The van der Waals surface area contributed by atoms with Crippen LogP contribution in [0.2, 0.25) is 0 Å². The predicted octanol–water partition coefficient (Wildman–Crippen LogP) is 3.24. The van der Waals surface area contributed by atoms with E-state index in [0.717, 1.165) is 19.3 Å². The van der Waals surface area contributed by atoms with Crippen LogP contribution in [0.25, 0.3) is 0 Å². The number of carboxylic acid groups (broad SMARTS) is 1. The van der Waals surface area contributed by atoms with Gasteiger partial charge in [-0.3, -0.25) is 4.79 Å². The first-order valence-corrected chi connectivity index (χ1v) is 6.85. The zero-order valence-electron chi connectivity index (χ0n) is 9.05. The number of rotatable bonds is 1. The van der Waals surface area contributed by atoms with Gasteiger partial charge in [-0.1, -0.05) is 29.5 Å². The SMILES string of the molecule is CC12CC3CC(I)(C1)CC(C(=O)O)(C3)C2. The molecule has 0 amide bonds. The van der Waals surface area contributed by atoms with Gasteiger partial charge >= 0.3 is 5.97 Å². The van der Waals surface area contributed by atoms with Crippen LogP contribution in [0.5, 0.6) is 0 Å². The van der Waals surface area contributed by atoms with E-state index >= 15 is 0 Å². The minimum absolute atomic E-state index is 0.296. The predicted molar refractivity (Wildman–Crippen MR) is 66.1 cm³/mol. The summed E-state index contributed by atoms with van der Waals surface area (Å²) in [6.07, 6.45) is 6.57. The fourth-order valence-electron chi connectivity index (χ4n) is 5.03. The van der Waals surface area contributed by atoms with Crippen molar-refractivity contribution in [1.82, 2.24) is 0 Å². The van der Waals surface area contributed by atoms with E-state index in [0.29, 0.717) is 14.8 Å². The van der Waals surface area contributed by atoms with Crippen LogP contribution in [-0.2, 0) is 4.79 Å². The van der Waals surface area contributed by atoms with E-state index in [1.807, 2.05) is 0 Å². The smallest absolute Gasteiger partial charge is 0.309 e. The molecule has 1 N–H and O–H groups in total. The normalized spacial score (nSPS) is 57.1. The van der Waals surface area contributed by atoms with Gasteiger partial charge in [0.2, 0.25) is 0 Å². The lowest BCUT2D eigenvalue weighted by Crippen LogP contribution is -2.59. The van der Waals surface area contributed by atoms with Crippen molar-refractivity contribution < 1.29 is 9.90 Å². The quantitative estimate of drug-likeness (QED) is 0.595. The minimum atomic E-state index is -0.529. The van der Waals surface area contributed by atoms with Crippen LogP contribution < -0.4 is 0 Å². The first-order chi connectivity index (χ1) is 6.85. The zero-order chi connectivity index (χ0) is 10.9. The Morgan fingerprint density at radius 3 is 2.53 bits per heavy atom. The summed E-state index contributed by atoms with van der Waals surface area (Å²) in [5.41, 5.74) is -0.0473. The largest absolute Gasteiger partial charge is 0.481 e. The third kappa shape index (κ3) is 1.38. The standard InChI is InChI=1S/C12H17IO2/c1-10-2-8-3-11(5-10,9(14)15)7-12(13,4-8)6-10/h8H,2-7H2,1H3,(H,14,15). The molecule has 0 saturated heterocycles. The summed E-state index contributed by atoms with van der Waals surface area (Å²) in [7, 11) is 0. The maximum Gasteiger partial charge on any atom is 0.309 e. The van der Waals surface area contributed by atoms with Crippen molar-refractivity contribution in [3.8, 4) is 0 Å². The van der Waals surface area contributed by atoms with E-state index in [4.69, 9.17) is 0 Å². The van der Waals surface area contributed by atoms with Crippen LogP contribution in [0.3, 0.4) is 0 Å². The van der Waals surface area contributed by atoms with Gasteiger partial charge in [-0.25, -0.2) is 0 Å². The van der Waals surface area contributed by atoms with Gasteiger partial charge in [-0.2, -0.15) is 0 Å². The van der Waals surface area contributed by atoms with Crippen molar-refractivity contribution in [3.05, 3.63) is 0 Å². The van der Waals surface area contributed by atoms with Crippen LogP contribution in [0, 0.1) is 16.7 Å². The highest BCUT2D eigenvalue weighted by Crippen LogP contribution is 2.68. The van der Waals surface area contributed by atoms with Gasteiger partial charge in [0, 0.05) is 3.42 Å². The molecule has 4 aliphatic rings. The van der Waals surface area contributed by atoms with E-state index in [1.54, 1.807) is 0 Å². The molecule has 0 radical (unpaired) electrons. The van der Waals surface area contributed by atoms with Crippen molar-refractivity contribution in [2.45, 2.75) is 48.9 Å². The Morgan fingerprint density at radius 1 is 1.27 bits per heavy atom. The second-order valence-corrected chi connectivity index (χ2v) is 8.84. The number of hydrogen-bond acceptors (Lipinski definition) is 1. The highest BCUT2D eigenvalue weighted by atomic mass is 127. The van der Waals surface area contributed by atoms with Gasteiger partial charge in [0.15, 0.2) is 0 Å².